The third kappa shape index (κ3) is 4.97. The Bertz CT molecular complexity index is 483. The molecule has 1 aromatic rings. The minimum Gasteiger partial charge on any atom is -0.370 e. The average Bonchev–Trinajstić information content (AvgIpc) is 2.40. The molecule has 3 N–H and O–H groups in total. The van der Waals surface area contributed by atoms with Crippen LogP contribution in [-0.4, -0.2) is 40.4 Å². The van der Waals surface area contributed by atoms with Gasteiger partial charge in [0.1, 0.15) is 11.6 Å². The molecule has 0 radical (unpaired) electrons. The van der Waals surface area contributed by atoms with E-state index in [2.05, 4.69) is 27.1 Å². The van der Waals surface area contributed by atoms with E-state index in [1.807, 2.05) is 13.0 Å². The van der Waals surface area contributed by atoms with Crippen molar-refractivity contribution in [1.29, 1.82) is 0 Å². The Labute approximate surface area is 126 Å². The van der Waals surface area contributed by atoms with Crippen molar-refractivity contribution in [2.45, 2.75) is 39.7 Å². The molecule has 6 nitrogen and oxygen atoms in total. The monoisotopic (exact) mass is 291 g/mol. The van der Waals surface area contributed by atoms with Crippen LogP contribution in [0.5, 0.6) is 0 Å². The number of hydrogen-bond acceptors (Lipinski definition) is 5. The molecule has 0 bridgehead atoms. The number of anilines is 1. The first-order valence-electron chi connectivity index (χ1n) is 7.66. The number of nitrogens with zero attached hydrogens (tertiary/aromatic N) is 3. The summed E-state index contributed by atoms with van der Waals surface area (Å²) >= 11 is 0. The Morgan fingerprint density at radius 2 is 2.14 bits per heavy atom. The summed E-state index contributed by atoms with van der Waals surface area (Å²) in [5.74, 6) is 2.00. The summed E-state index contributed by atoms with van der Waals surface area (Å²) in [7, 11) is 0. The topological polar surface area (TPSA) is 84.1 Å². The Morgan fingerprint density at radius 3 is 2.76 bits per heavy atom. The smallest absolute Gasteiger partial charge is 0.217 e. The molecule has 0 atom stereocenters. The van der Waals surface area contributed by atoms with Gasteiger partial charge in [0.15, 0.2) is 0 Å². The van der Waals surface area contributed by atoms with E-state index in [9.17, 15) is 4.79 Å². The Balaban J connectivity index is 1.89. The summed E-state index contributed by atoms with van der Waals surface area (Å²) in [4.78, 5) is 22.4. The maximum absolute atomic E-state index is 11.0. The van der Waals surface area contributed by atoms with Gasteiger partial charge >= 0.3 is 0 Å². The van der Waals surface area contributed by atoms with Crippen LogP contribution in [0.4, 0.5) is 5.82 Å². The van der Waals surface area contributed by atoms with Gasteiger partial charge in [0.05, 0.1) is 6.54 Å². The first-order valence-corrected chi connectivity index (χ1v) is 7.66. The zero-order valence-corrected chi connectivity index (χ0v) is 12.9. The minimum absolute atomic E-state index is 0.189. The van der Waals surface area contributed by atoms with E-state index in [0.717, 1.165) is 56.4 Å². The Kier molecular flexibility index (Phi) is 5.50. The lowest BCUT2D eigenvalue weighted by molar-refractivity contribution is -0.119. The van der Waals surface area contributed by atoms with E-state index < -0.39 is 0 Å². The van der Waals surface area contributed by atoms with Crippen LogP contribution in [0.3, 0.4) is 0 Å². The number of nitrogens with one attached hydrogen (secondary N) is 1. The SMILES string of the molecule is CCNc1cc(C)nc(CN2CCC(CC(N)=O)CC2)n1. The third-order valence-electron chi connectivity index (χ3n) is 3.82. The normalized spacial score (nSPS) is 16.9. The van der Waals surface area contributed by atoms with Gasteiger partial charge in [-0.3, -0.25) is 9.69 Å². The van der Waals surface area contributed by atoms with Crippen LogP contribution >= 0.6 is 0 Å². The Hall–Kier alpha value is -1.69. The highest BCUT2D eigenvalue weighted by atomic mass is 16.1. The molecule has 116 valence electrons. The molecule has 1 aliphatic heterocycles. The first kappa shape index (κ1) is 15.7. The van der Waals surface area contributed by atoms with Crippen molar-refractivity contribution in [3.8, 4) is 0 Å². The van der Waals surface area contributed by atoms with Crippen molar-refractivity contribution in [1.82, 2.24) is 14.9 Å². The van der Waals surface area contributed by atoms with Crippen LogP contribution in [0, 0.1) is 12.8 Å². The van der Waals surface area contributed by atoms with Crippen molar-refractivity contribution in [2.24, 2.45) is 11.7 Å². The number of aryl methyl sites for hydroxylation is 1. The molecular weight excluding hydrogens is 266 g/mol. The summed E-state index contributed by atoms with van der Waals surface area (Å²) in [5.41, 5.74) is 6.25. The van der Waals surface area contributed by atoms with Crippen LogP contribution in [-0.2, 0) is 11.3 Å². The van der Waals surface area contributed by atoms with E-state index in [4.69, 9.17) is 5.73 Å². The zero-order chi connectivity index (χ0) is 15.2. The quantitative estimate of drug-likeness (QED) is 0.825. The molecule has 1 fully saturated rings. The predicted octanol–water partition coefficient (Wildman–Crippen LogP) is 1.30. The molecule has 0 unspecified atom stereocenters. The first-order chi connectivity index (χ1) is 10.1. The van der Waals surface area contributed by atoms with Crippen molar-refractivity contribution in [3.05, 3.63) is 17.6 Å². The number of amides is 1. The molecule has 1 aromatic heterocycles. The third-order valence-corrected chi connectivity index (χ3v) is 3.82. The number of aromatic nitrogens is 2. The second kappa shape index (κ2) is 7.36. The predicted molar refractivity (Wildman–Crippen MR) is 82.7 cm³/mol. The van der Waals surface area contributed by atoms with Crippen LogP contribution in [0.1, 0.15) is 37.7 Å². The number of primary amides is 1. The number of carbonyl (C=O) groups excluding carboxylic acids is 1. The summed E-state index contributed by atoms with van der Waals surface area (Å²) < 4.78 is 0. The zero-order valence-electron chi connectivity index (χ0n) is 12.9. The molecule has 2 heterocycles. The molecule has 1 amide bonds. The highest BCUT2D eigenvalue weighted by molar-refractivity contribution is 5.73. The maximum atomic E-state index is 11.0. The van der Waals surface area contributed by atoms with Crippen LogP contribution in [0.2, 0.25) is 0 Å². The fourth-order valence-electron chi connectivity index (χ4n) is 2.81. The number of piperidine rings is 1. The van der Waals surface area contributed by atoms with Crippen molar-refractivity contribution >= 4 is 11.7 Å². The van der Waals surface area contributed by atoms with E-state index in [1.165, 1.54) is 0 Å². The summed E-state index contributed by atoms with van der Waals surface area (Å²) in [5, 5.41) is 3.23. The molecule has 1 aliphatic rings. The lowest BCUT2D eigenvalue weighted by atomic mass is 9.93. The van der Waals surface area contributed by atoms with Gasteiger partial charge in [-0.2, -0.15) is 0 Å². The molecule has 6 heteroatoms. The lowest BCUT2D eigenvalue weighted by Crippen LogP contribution is -2.35. The number of rotatable bonds is 6. The molecule has 0 aromatic carbocycles. The van der Waals surface area contributed by atoms with Gasteiger partial charge in [-0.1, -0.05) is 0 Å². The fraction of sp³-hybridized carbons (Fsp3) is 0.667. The summed E-state index contributed by atoms with van der Waals surface area (Å²) in [6.07, 6.45) is 2.56. The van der Waals surface area contributed by atoms with Crippen LogP contribution in [0.25, 0.3) is 0 Å². The number of nitrogens with two attached hydrogens (primary N) is 1. The largest absolute Gasteiger partial charge is 0.370 e. The molecule has 0 saturated carbocycles. The van der Waals surface area contributed by atoms with Gasteiger partial charge in [0.2, 0.25) is 5.91 Å². The minimum atomic E-state index is -0.189. The number of carbonyl (C=O) groups is 1. The lowest BCUT2D eigenvalue weighted by Gasteiger charge is -2.30. The van der Waals surface area contributed by atoms with Gasteiger partial charge in [0, 0.05) is 24.7 Å². The molecule has 1 saturated heterocycles. The van der Waals surface area contributed by atoms with Crippen molar-refractivity contribution < 1.29 is 4.79 Å². The van der Waals surface area contributed by atoms with Crippen molar-refractivity contribution in [3.63, 3.8) is 0 Å². The highest BCUT2D eigenvalue weighted by Crippen LogP contribution is 2.21. The maximum Gasteiger partial charge on any atom is 0.217 e. The van der Waals surface area contributed by atoms with Gasteiger partial charge in [-0.15, -0.1) is 0 Å². The van der Waals surface area contributed by atoms with Crippen LogP contribution in [0.15, 0.2) is 6.07 Å². The highest BCUT2D eigenvalue weighted by Gasteiger charge is 2.21. The average molecular weight is 291 g/mol. The van der Waals surface area contributed by atoms with E-state index in [0.29, 0.717) is 12.3 Å². The fourth-order valence-corrected chi connectivity index (χ4v) is 2.81. The molecule has 0 aliphatic carbocycles. The second-order valence-electron chi connectivity index (χ2n) is 5.73. The molecular formula is C15H25N5O. The van der Waals surface area contributed by atoms with E-state index in [-0.39, 0.29) is 5.91 Å². The second-order valence-corrected chi connectivity index (χ2v) is 5.73. The Morgan fingerprint density at radius 1 is 1.43 bits per heavy atom. The van der Waals surface area contributed by atoms with Crippen molar-refractivity contribution in [2.75, 3.05) is 25.0 Å². The molecule has 0 spiro atoms. The molecule has 2 rings (SSSR count). The van der Waals surface area contributed by atoms with Gasteiger partial charge < -0.3 is 11.1 Å². The standard InChI is InChI=1S/C15H25N5O/c1-3-17-14-8-11(2)18-15(19-14)10-20-6-4-12(5-7-20)9-13(16)21/h8,12H,3-7,9-10H2,1-2H3,(H2,16,21)(H,17,18,19). The van der Waals surface area contributed by atoms with E-state index >= 15 is 0 Å². The van der Waals surface area contributed by atoms with E-state index in [1.54, 1.807) is 0 Å². The van der Waals surface area contributed by atoms with Crippen LogP contribution < -0.4 is 11.1 Å². The van der Waals surface area contributed by atoms with Gasteiger partial charge in [-0.25, -0.2) is 9.97 Å². The number of likely N-dealkylation sites (tertiary alicyclic amines) is 1. The van der Waals surface area contributed by atoms with Gasteiger partial charge in [-0.05, 0) is 45.7 Å². The molecule has 21 heavy (non-hydrogen) atoms. The van der Waals surface area contributed by atoms with Gasteiger partial charge in [0.25, 0.3) is 0 Å². The summed E-state index contributed by atoms with van der Waals surface area (Å²) in [6, 6.07) is 1.96. The summed E-state index contributed by atoms with van der Waals surface area (Å²) in [6.45, 7) is 7.63. The number of hydrogen-bond donors (Lipinski definition) is 2.